The Kier molecular flexibility index (Phi) is 4.09. The number of rotatable bonds is 5. The summed E-state index contributed by atoms with van der Waals surface area (Å²) in [4.78, 5) is 16.2. The molecule has 96 valence electrons. The summed E-state index contributed by atoms with van der Waals surface area (Å²) in [6.07, 6.45) is 2.69. The van der Waals surface area contributed by atoms with Crippen LogP contribution in [0.25, 0.3) is 0 Å². The summed E-state index contributed by atoms with van der Waals surface area (Å²) in [5.74, 6) is 0. The summed E-state index contributed by atoms with van der Waals surface area (Å²) in [5, 5.41) is 10.2. The van der Waals surface area contributed by atoms with Crippen LogP contribution in [-0.4, -0.2) is 21.3 Å². The first-order chi connectivity index (χ1) is 8.69. The second-order valence-corrected chi connectivity index (χ2v) is 4.99. The van der Waals surface area contributed by atoms with Gasteiger partial charge in [0, 0.05) is 23.7 Å². The van der Waals surface area contributed by atoms with Crippen LogP contribution >= 0.6 is 11.3 Å². The normalized spacial score (nSPS) is 10.6. The summed E-state index contributed by atoms with van der Waals surface area (Å²) in [6, 6.07) is 1.57. The highest BCUT2D eigenvalue weighted by Gasteiger charge is 2.04. The first-order valence-electron chi connectivity index (χ1n) is 5.91. The van der Waals surface area contributed by atoms with E-state index in [4.69, 9.17) is 0 Å². The standard InChI is InChI=1S/C12H16N4OS/c1-3-4-13-10-5-12(17)16(14-6-10)7-11-15-9(2)8-18-11/h5-6,8,13H,3-4,7H2,1-2H3. The second kappa shape index (κ2) is 5.77. The number of aryl methyl sites for hydroxylation is 1. The first-order valence-corrected chi connectivity index (χ1v) is 6.79. The van der Waals surface area contributed by atoms with E-state index in [-0.39, 0.29) is 5.56 Å². The quantitative estimate of drug-likeness (QED) is 0.895. The van der Waals surface area contributed by atoms with Gasteiger partial charge in [0.2, 0.25) is 0 Å². The fourth-order valence-corrected chi connectivity index (χ4v) is 2.27. The molecule has 0 aliphatic heterocycles. The number of aromatic nitrogens is 3. The van der Waals surface area contributed by atoms with Gasteiger partial charge in [-0.05, 0) is 13.3 Å². The van der Waals surface area contributed by atoms with Gasteiger partial charge in [0.25, 0.3) is 5.56 Å². The predicted molar refractivity (Wildman–Crippen MR) is 73.2 cm³/mol. The van der Waals surface area contributed by atoms with E-state index in [0.29, 0.717) is 6.54 Å². The van der Waals surface area contributed by atoms with Gasteiger partial charge in [0.15, 0.2) is 0 Å². The summed E-state index contributed by atoms with van der Waals surface area (Å²) in [5.41, 5.74) is 1.64. The van der Waals surface area contributed by atoms with Crippen molar-refractivity contribution >= 4 is 17.0 Å². The van der Waals surface area contributed by atoms with Crippen LogP contribution in [0.1, 0.15) is 24.0 Å². The zero-order valence-corrected chi connectivity index (χ0v) is 11.3. The molecule has 0 unspecified atom stereocenters. The zero-order valence-electron chi connectivity index (χ0n) is 10.5. The molecule has 0 amide bonds. The molecular formula is C12H16N4OS. The van der Waals surface area contributed by atoms with Crippen LogP contribution in [-0.2, 0) is 6.54 Å². The van der Waals surface area contributed by atoms with Gasteiger partial charge in [-0.2, -0.15) is 5.10 Å². The molecular weight excluding hydrogens is 248 g/mol. The van der Waals surface area contributed by atoms with E-state index in [2.05, 4.69) is 22.3 Å². The molecule has 5 nitrogen and oxygen atoms in total. The summed E-state index contributed by atoms with van der Waals surface area (Å²) in [6.45, 7) is 5.29. The molecule has 2 heterocycles. The van der Waals surface area contributed by atoms with Crippen LogP contribution in [0.5, 0.6) is 0 Å². The van der Waals surface area contributed by atoms with Gasteiger partial charge in [0.05, 0.1) is 18.4 Å². The van der Waals surface area contributed by atoms with Gasteiger partial charge in [-0.3, -0.25) is 4.79 Å². The Morgan fingerprint density at radius 2 is 2.33 bits per heavy atom. The number of nitrogens with one attached hydrogen (secondary N) is 1. The van der Waals surface area contributed by atoms with E-state index in [9.17, 15) is 4.79 Å². The van der Waals surface area contributed by atoms with Crippen LogP contribution in [0.2, 0.25) is 0 Å². The number of hydrogen-bond acceptors (Lipinski definition) is 5. The molecule has 0 aliphatic rings. The van der Waals surface area contributed by atoms with Crippen molar-refractivity contribution < 1.29 is 0 Å². The van der Waals surface area contributed by atoms with Crippen molar-refractivity contribution in [3.05, 3.63) is 38.7 Å². The molecule has 0 atom stereocenters. The second-order valence-electron chi connectivity index (χ2n) is 4.05. The molecule has 2 aromatic rings. The Balaban J connectivity index is 2.12. The number of thiazole rings is 1. The molecule has 0 fully saturated rings. The molecule has 6 heteroatoms. The average molecular weight is 264 g/mol. The van der Waals surface area contributed by atoms with E-state index >= 15 is 0 Å². The fourth-order valence-electron chi connectivity index (χ4n) is 1.52. The van der Waals surface area contributed by atoms with Crippen molar-refractivity contribution in [1.29, 1.82) is 0 Å². The predicted octanol–water partition coefficient (Wildman–Crippen LogP) is 1.88. The van der Waals surface area contributed by atoms with Gasteiger partial charge in [-0.1, -0.05) is 6.92 Å². The van der Waals surface area contributed by atoms with E-state index in [1.807, 2.05) is 12.3 Å². The van der Waals surface area contributed by atoms with Crippen molar-refractivity contribution in [3.63, 3.8) is 0 Å². The van der Waals surface area contributed by atoms with Crippen LogP contribution in [0.15, 0.2) is 22.4 Å². The van der Waals surface area contributed by atoms with Crippen LogP contribution in [0.4, 0.5) is 5.69 Å². The van der Waals surface area contributed by atoms with Crippen molar-refractivity contribution in [3.8, 4) is 0 Å². The van der Waals surface area contributed by atoms with Crippen molar-refractivity contribution in [2.24, 2.45) is 0 Å². The minimum atomic E-state index is -0.107. The van der Waals surface area contributed by atoms with E-state index in [1.165, 1.54) is 4.68 Å². The minimum Gasteiger partial charge on any atom is -0.384 e. The third-order valence-corrected chi connectivity index (χ3v) is 3.35. The lowest BCUT2D eigenvalue weighted by Gasteiger charge is -2.05. The lowest BCUT2D eigenvalue weighted by atomic mass is 10.4. The van der Waals surface area contributed by atoms with Crippen LogP contribution in [0, 0.1) is 6.92 Å². The Bertz CT molecular complexity index is 575. The topological polar surface area (TPSA) is 59.8 Å². The molecule has 1 N–H and O–H groups in total. The molecule has 0 radical (unpaired) electrons. The third-order valence-electron chi connectivity index (χ3n) is 2.40. The molecule has 0 spiro atoms. The smallest absolute Gasteiger partial charge is 0.269 e. The number of nitrogens with zero attached hydrogens (tertiary/aromatic N) is 3. The molecule has 0 bridgehead atoms. The van der Waals surface area contributed by atoms with E-state index in [1.54, 1.807) is 23.6 Å². The lowest BCUT2D eigenvalue weighted by Crippen LogP contribution is -2.23. The van der Waals surface area contributed by atoms with Gasteiger partial charge in [-0.25, -0.2) is 9.67 Å². The maximum absolute atomic E-state index is 11.9. The molecule has 0 saturated carbocycles. The maximum Gasteiger partial charge on any atom is 0.269 e. The van der Waals surface area contributed by atoms with Gasteiger partial charge in [-0.15, -0.1) is 11.3 Å². The highest BCUT2D eigenvalue weighted by atomic mass is 32.1. The molecule has 18 heavy (non-hydrogen) atoms. The minimum absolute atomic E-state index is 0.107. The Labute approximate surface area is 110 Å². The van der Waals surface area contributed by atoms with Crippen molar-refractivity contribution in [1.82, 2.24) is 14.8 Å². The molecule has 2 rings (SSSR count). The summed E-state index contributed by atoms with van der Waals surface area (Å²) < 4.78 is 1.43. The Morgan fingerprint density at radius 3 is 2.94 bits per heavy atom. The summed E-state index contributed by atoms with van der Waals surface area (Å²) in [7, 11) is 0. The zero-order chi connectivity index (χ0) is 13.0. The van der Waals surface area contributed by atoms with Gasteiger partial charge >= 0.3 is 0 Å². The highest BCUT2D eigenvalue weighted by molar-refractivity contribution is 7.09. The monoisotopic (exact) mass is 264 g/mol. The largest absolute Gasteiger partial charge is 0.384 e. The third kappa shape index (κ3) is 3.16. The van der Waals surface area contributed by atoms with Crippen molar-refractivity contribution in [2.45, 2.75) is 26.8 Å². The fraction of sp³-hybridized carbons (Fsp3) is 0.417. The van der Waals surface area contributed by atoms with Gasteiger partial charge < -0.3 is 5.32 Å². The molecule has 0 saturated heterocycles. The average Bonchev–Trinajstić information content (AvgIpc) is 2.75. The van der Waals surface area contributed by atoms with Gasteiger partial charge in [0.1, 0.15) is 5.01 Å². The Morgan fingerprint density at radius 1 is 1.50 bits per heavy atom. The first kappa shape index (κ1) is 12.8. The molecule has 0 aliphatic carbocycles. The summed E-state index contributed by atoms with van der Waals surface area (Å²) >= 11 is 1.54. The lowest BCUT2D eigenvalue weighted by molar-refractivity contribution is 0.636. The number of anilines is 1. The number of hydrogen-bond donors (Lipinski definition) is 1. The SMILES string of the molecule is CCCNc1cnn(Cc2nc(C)cs2)c(=O)c1. The van der Waals surface area contributed by atoms with E-state index < -0.39 is 0 Å². The maximum atomic E-state index is 11.9. The highest BCUT2D eigenvalue weighted by Crippen LogP contribution is 2.09. The van der Waals surface area contributed by atoms with E-state index in [0.717, 1.165) is 29.4 Å². The van der Waals surface area contributed by atoms with Crippen LogP contribution in [0.3, 0.4) is 0 Å². The Hall–Kier alpha value is -1.69. The van der Waals surface area contributed by atoms with Crippen LogP contribution < -0.4 is 10.9 Å². The molecule has 2 aromatic heterocycles. The molecule has 0 aromatic carbocycles. The van der Waals surface area contributed by atoms with Crippen molar-refractivity contribution in [2.75, 3.05) is 11.9 Å².